The fraction of sp³-hybridized carbons (Fsp3) is 0.200. The van der Waals surface area contributed by atoms with Gasteiger partial charge < -0.3 is 15.2 Å². The molecule has 21 heavy (non-hydrogen) atoms. The number of ether oxygens (including phenoxy) is 2. The molecule has 0 amide bonds. The fourth-order valence-electron chi connectivity index (χ4n) is 1.83. The van der Waals surface area contributed by atoms with Gasteiger partial charge in [-0.15, -0.1) is 0 Å². The van der Waals surface area contributed by atoms with E-state index in [-0.39, 0.29) is 18.0 Å². The van der Waals surface area contributed by atoms with Gasteiger partial charge in [0.1, 0.15) is 23.8 Å². The van der Waals surface area contributed by atoms with Crippen molar-refractivity contribution >= 4 is 11.4 Å². The molecule has 0 aliphatic carbocycles. The quantitative estimate of drug-likeness (QED) is 0.501. The maximum absolute atomic E-state index is 10.7. The highest BCUT2D eigenvalue weighted by atomic mass is 16.6. The zero-order valence-corrected chi connectivity index (χ0v) is 11.6. The lowest BCUT2D eigenvalue weighted by atomic mass is 10.2. The lowest BCUT2D eigenvalue weighted by molar-refractivity contribution is -0.383. The number of rotatable bonds is 6. The number of nitrogen functional groups attached to an aromatic ring is 1. The Bertz CT molecular complexity index is 626. The maximum Gasteiger partial charge on any atom is 0.292 e. The lowest BCUT2D eigenvalue weighted by Gasteiger charge is -2.08. The van der Waals surface area contributed by atoms with Gasteiger partial charge in [0.15, 0.2) is 0 Å². The summed E-state index contributed by atoms with van der Waals surface area (Å²) in [5.74, 6) is 1.47. The summed E-state index contributed by atoms with van der Waals surface area (Å²) in [6.45, 7) is 2.82. The minimum absolute atomic E-state index is 0.0974. The average molecular weight is 288 g/mol. The molecule has 0 aliphatic heterocycles. The molecule has 2 aromatic carbocycles. The molecule has 2 aromatic rings. The molecule has 0 heterocycles. The Morgan fingerprint density at radius 1 is 1.10 bits per heavy atom. The SMILES string of the molecule is CCOc1ccc(OCc2ccc([N+](=O)[O-])c(N)c2)cc1. The van der Waals surface area contributed by atoms with E-state index in [2.05, 4.69) is 0 Å². The summed E-state index contributed by atoms with van der Waals surface area (Å²) >= 11 is 0. The van der Waals surface area contributed by atoms with E-state index in [0.717, 1.165) is 11.3 Å². The van der Waals surface area contributed by atoms with Gasteiger partial charge >= 0.3 is 0 Å². The summed E-state index contributed by atoms with van der Waals surface area (Å²) in [6, 6.07) is 11.8. The number of nitrogens with zero attached hydrogens (tertiary/aromatic N) is 1. The molecule has 0 unspecified atom stereocenters. The van der Waals surface area contributed by atoms with Crippen LogP contribution >= 0.6 is 0 Å². The third kappa shape index (κ3) is 3.85. The monoisotopic (exact) mass is 288 g/mol. The Labute approximate surface area is 122 Å². The first-order valence-electron chi connectivity index (χ1n) is 6.48. The molecule has 6 heteroatoms. The van der Waals surface area contributed by atoms with Crippen molar-refractivity contribution in [3.8, 4) is 11.5 Å². The second-order valence-electron chi connectivity index (χ2n) is 4.34. The summed E-state index contributed by atoms with van der Waals surface area (Å²) in [7, 11) is 0. The Hall–Kier alpha value is -2.76. The van der Waals surface area contributed by atoms with Crippen molar-refractivity contribution in [2.24, 2.45) is 0 Å². The predicted molar refractivity (Wildman–Crippen MR) is 79.5 cm³/mol. The molecule has 2 rings (SSSR count). The van der Waals surface area contributed by atoms with E-state index in [0.29, 0.717) is 12.4 Å². The molecular weight excluding hydrogens is 272 g/mol. The molecule has 2 N–H and O–H groups in total. The minimum Gasteiger partial charge on any atom is -0.494 e. The number of nitro benzene ring substituents is 1. The van der Waals surface area contributed by atoms with Crippen LogP contribution in [0.4, 0.5) is 11.4 Å². The van der Waals surface area contributed by atoms with E-state index in [4.69, 9.17) is 15.2 Å². The van der Waals surface area contributed by atoms with Crippen LogP contribution in [0.1, 0.15) is 12.5 Å². The van der Waals surface area contributed by atoms with Crippen LogP contribution in [0.5, 0.6) is 11.5 Å². The van der Waals surface area contributed by atoms with Crippen LogP contribution in [0.3, 0.4) is 0 Å². The van der Waals surface area contributed by atoms with Gasteiger partial charge in [0.2, 0.25) is 0 Å². The first-order valence-corrected chi connectivity index (χ1v) is 6.48. The van der Waals surface area contributed by atoms with Crippen molar-refractivity contribution in [3.05, 3.63) is 58.1 Å². The predicted octanol–water partition coefficient (Wildman–Crippen LogP) is 3.15. The van der Waals surface area contributed by atoms with Crippen LogP contribution in [0, 0.1) is 10.1 Å². The summed E-state index contributed by atoms with van der Waals surface area (Å²) in [5, 5.41) is 10.7. The zero-order valence-electron chi connectivity index (χ0n) is 11.6. The molecule has 0 atom stereocenters. The van der Waals surface area contributed by atoms with Crippen LogP contribution in [-0.2, 0) is 6.61 Å². The molecule has 0 saturated carbocycles. The van der Waals surface area contributed by atoms with Gasteiger partial charge in [0.05, 0.1) is 11.5 Å². The van der Waals surface area contributed by atoms with Crippen molar-refractivity contribution < 1.29 is 14.4 Å². The molecule has 0 aromatic heterocycles. The largest absolute Gasteiger partial charge is 0.494 e. The minimum atomic E-state index is -0.508. The number of nitrogens with two attached hydrogens (primary N) is 1. The molecule has 0 radical (unpaired) electrons. The Kier molecular flexibility index (Phi) is 4.61. The van der Waals surface area contributed by atoms with E-state index in [1.54, 1.807) is 24.3 Å². The number of hydrogen-bond acceptors (Lipinski definition) is 5. The highest BCUT2D eigenvalue weighted by Gasteiger charge is 2.11. The van der Waals surface area contributed by atoms with Gasteiger partial charge in [-0.3, -0.25) is 10.1 Å². The molecule has 0 fully saturated rings. The van der Waals surface area contributed by atoms with Crippen LogP contribution in [0.2, 0.25) is 0 Å². The first-order chi connectivity index (χ1) is 10.1. The van der Waals surface area contributed by atoms with Gasteiger partial charge in [-0.05, 0) is 48.9 Å². The van der Waals surface area contributed by atoms with E-state index in [9.17, 15) is 10.1 Å². The topological polar surface area (TPSA) is 87.6 Å². The number of hydrogen-bond donors (Lipinski definition) is 1. The van der Waals surface area contributed by atoms with Gasteiger partial charge in [0.25, 0.3) is 5.69 Å². The van der Waals surface area contributed by atoms with Gasteiger partial charge in [0, 0.05) is 6.07 Å². The fourth-order valence-corrected chi connectivity index (χ4v) is 1.83. The molecular formula is C15H16N2O4. The lowest BCUT2D eigenvalue weighted by Crippen LogP contribution is -2.00. The highest BCUT2D eigenvalue weighted by molar-refractivity contribution is 5.59. The third-order valence-corrected chi connectivity index (χ3v) is 2.83. The molecule has 0 aliphatic rings. The maximum atomic E-state index is 10.7. The van der Waals surface area contributed by atoms with Gasteiger partial charge in [-0.25, -0.2) is 0 Å². The number of nitro groups is 1. The van der Waals surface area contributed by atoms with E-state index < -0.39 is 4.92 Å². The second kappa shape index (κ2) is 6.60. The van der Waals surface area contributed by atoms with Gasteiger partial charge in [-0.2, -0.15) is 0 Å². The van der Waals surface area contributed by atoms with Crippen molar-refractivity contribution in [1.29, 1.82) is 0 Å². The number of benzene rings is 2. The molecule has 0 spiro atoms. The summed E-state index contributed by atoms with van der Waals surface area (Å²) in [4.78, 5) is 10.2. The first kappa shape index (κ1) is 14.6. The van der Waals surface area contributed by atoms with Gasteiger partial charge in [-0.1, -0.05) is 0 Å². The third-order valence-electron chi connectivity index (χ3n) is 2.83. The van der Waals surface area contributed by atoms with Crippen LogP contribution < -0.4 is 15.2 Å². The van der Waals surface area contributed by atoms with Crippen molar-refractivity contribution in [3.63, 3.8) is 0 Å². The van der Waals surface area contributed by atoms with Crippen molar-refractivity contribution in [2.75, 3.05) is 12.3 Å². The Balaban J connectivity index is 1.99. The van der Waals surface area contributed by atoms with E-state index in [1.807, 2.05) is 19.1 Å². The Morgan fingerprint density at radius 2 is 1.71 bits per heavy atom. The summed E-state index contributed by atoms with van der Waals surface area (Å²) in [5.41, 5.74) is 6.44. The van der Waals surface area contributed by atoms with E-state index in [1.165, 1.54) is 6.07 Å². The highest BCUT2D eigenvalue weighted by Crippen LogP contribution is 2.23. The standard InChI is InChI=1S/C15H16N2O4/c1-2-20-12-4-6-13(7-5-12)21-10-11-3-8-15(17(18)19)14(16)9-11/h3-9H,2,10,16H2,1H3. The van der Waals surface area contributed by atoms with Crippen molar-refractivity contribution in [2.45, 2.75) is 13.5 Å². The Morgan fingerprint density at radius 3 is 2.24 bits per heavy atom. The summed E-state index contributed by atoms with van der Waals surface area (Å²) in [6.07, 6.45) is 0. The molecule has 110 valence electrons. The molecule has 0 bridgehead atoms. The summed E-state index contributed by atoms with van der Waals surface area (Å²) < 4.78 is 10.9. The van der Waals surface area contributed by atoms with Crippen molar-refractivity contribution in [1.82, 2.24) is 0 Å². The van der Waals surface area contributed by atoms with Crippen LogP contribution in [0.15, 0.2) is 42.5 Å². The van der Waals surface area contributed by atoms with Crippen LogP contribution in [-0.4, -0.2) is 11.5 Å². The molecule has 0 saturated heterocycles. The van der Waals surface area contributed by atoms with Crippen LogP contribution in [0.25, 0.3) is 0 Å². The van der Waals surface area contributed by atoms with E-state index >= 15 is 0 Å². The second-order valence-corrected chi connectivity index (χ2v) is 4.34. The molecule has 6 nitrogen and oxygen atoms in total. The average Bonchev–Trinajstić information content (AvgIpc) is 2.46. The number of anilines is 1. The zero-order chi connectivity index (χ0) is 15.2. The smallest absolute Gasteiger partial charge is 0.292 e. The normalized spacial score (nSPS) is 10.1.